The summed E-state index contributed by atoms with van der Waals surface area (Å²) < 4.78 is 6.63. The van der Waals surface area contributed by atoms with Gasteiger partial charge in [0.1, 0.15) is 5.75 Å². The average Bonchev–Trinajstić information content (AvgIpc) is 2.84. The summed E-state index contributed by atoms with van der Waals surface area (Å²) in [6, 6.07) is 1.74. The lowest BCUT2D eigenvalue weighted by Crippen LogP contribution is -1.96. The van der Waals surface area contributed by atoms with Crippen LogP contribution in [0, 0.1) is 0 Å². The van der Waals surface area contributed by atoms with E-state index in [-0.39, 0.29) is 5.78 Å². The number of ketones is 1. The van der Waals surface area contributed by atoms with Crippen LogP contribution in [0.4, 0.5) is 0 Å². The van der Waals surface area contributed by atoms with E-state index in [0.29, 0.717) is 16.2 Å². The molecule has 0 fully saturated rings. The molecule has 5 heteroatoms. The van der Waals surface area contributed by atoms with Crippen molar-refractivity contribution in [2.75, 3.05) is 7.11 Å². The summed E-state index contributed by atoms with van der Waals surface area (Å²) in [4.78, 5) is 12.6. The van der Waals surface area contributed by atoms with Crippen molar-refractivity contribution in [3.63, 3.8) is 0 Å². The predicted molar refractivity (Wildman–Crippen MR) is 57.5 cm³/mol. The number of ether oxygens (including phenoxy) is 1. The molecule has 4 nitrogen and oxygen atoms in total. The first-order valence-corrected chi connectivity index (χ1v) is 5.24. The standard InChI is InChI=1S/C10H10N2O2S/c1-12-5-7(4-11-12)10(13)9-3-8(14-2)6-15-9/h3-6H,1-2H3. The van der Waals surface area contributed by atoms with Crippen molar-refractivity contribution in [2.45, 2.75) is 0 Å². The van der Waals surface area contributed by atoms with Crippen molar-refractivity contribution in [3.8, 4) is 5.75 Å². The molecule has 78 valence electrons. The lowest BCUT2D eigenvalue weighted by molar-refractivity contribution is 0.104. The molecule has 2 rings (SSSR count). The Hall–Kier alpha value is -1.62. The minimum absolute atomic E-state index is 0.0172. The Morgan fingerprint density at radius 1 is 1.60 bits per heavy atom. The second-order valence-corrected chi connectivity index (χ2v) is 3.99. The monoisotopic (exact) mass is 222 g/mol. The van der Waals surface area contributed by atoms with Crippen LogP contribution >= 0.6 is 11.3 Å². The summed E-state index contributed by atoms with van der Waals surface area (Å²) in [6.07, 6.45) is 3.27. The summed E-state index contributed by atoms with van der Waals surface area (Å²) in [7, 11) is 3.37. The summed E-state index contributed by atoms with van der Waals surface area (Å²) in [5.74, 6) is 0.698. The largest absolute Gasteiger partial charge is 0.496 e. The molecule has 0 saturated carbocycles. The van der Waals surface area contributed by atoms with Crippen LogP contribution in [0.2, 0.25) is 0 Å². The molecule has 0 bridgehead atoms. The number of hydrogen-bond acceptors (Lipinski definition) is 4. The normalized spacial score (nSPS) is 10.3. The molecule has 0 saturated heterocycles. The van der Waals surface area contributed by atoms with Gasteiger partial charge in [-0.25, -0.2) is 0 Å². The zero-order valence-electron chi connectivity index (χ0n) is 8.43. The van der Waals surface area contributed by atoms with Gasteiger partial charge in [0.2, 0.25) is 5.78 Å². The Labute approximate surface area is 91.1 Å². The topological polar surface area (TPSA) is 44.1 Å². The average molecular weight is 222 g/mol. The van der Waals surface area contributed by atoms with Crippen LogP contribution in [-0.4, -0.2) is 22.7 Å². The second kappa shape index (κ2) is 3.86. The second-order valence-electron chi connectivity index (χ2n) is 3.08. The van der Waals surface area contributed by atoms with Gasteiger partial charge in [0.15, 0.2) is 0 Å². The lowest BCUT2D eigenvalue weighted by Gasteiger charge is -1.92. The van der Waals surface area contributed by atoms with Crippen LogP contribution in [0.15, 0.2) is 23.8 Å². The van der Waals surface area contributed by atoms with Gasteiger partial charge >= 0.3 is 0 Å². The van der Waals surface area contributed by atoms with Crippen LogP contribution in [0.5, 0.6) is 5.75 Å². The number of rotatable bonds is 3. The number of hydrogen-bond donors (Lipinski definition) is 0. The van der Waals surface area contributed by atoms with Crippen molar-refractivity contribution in [1.82, 2.24) is 9.78 Å². The quantitative estimate of drug-likeness (QED) is 0.743. The van der Waals surface area contributed by atoms with E-state index < -0.39 is 0 Å². The lowest BCUT2D eigenvalue weighted by atomic mass is 10.2. The molecule has 0 aliphatic rings. The number of aryl methyl sites for hydroxylation is 1. The van der Waals surface area contributed by atoms with E-state index in [0.717, 1.165) is 0 Å². The molecule has 0 unspecified atom stereocenters. The zero-order chi connectivity index (χ0) is 10.8. The van der Waals surface area contributed by atoms with Crippen molar-refractivity contribution in [2.24, 2.45) is 7.05 Å². The zero-order valence-corrected chi connectivity index (χ0v) is 9.25. The molecule has 2 heterocycles. The first-order valence-electron chi connectivity index (χ1n) is 4.36. The summed E-state index contributed by atoms with van der Waals surface area (Å²) in [6.45, 7) is 0. The van der Waals surface area contributed by atoms with Crippen LogP contribution in [0.1, 0.15) is 15.2 Å². The molecule has 0 amide bonds. The van der Waals surface area contributed by atoms with Gasteiger partial charge in [0.05, 0.1) is 23.7 Å². The number of carbonyl (C=O) groups is 1. The molecular formula is C10H10N2O2S. The highest BCUT2D eigenvalue weighted by Crippen LogP contribution is 2.23. The van der Waals surface area contributed by atoms with E-state index in [4.69, 9.17) is 4.74 Å². The van der Waals surface area contributed by atoms with Crippen LogP contribution in [-0.2, 0) is 7.05 Å². The Morgan fingerprint density at radius 3 is 2.93 bits per heavy atom. The third-order valence-corrected chi connectivity index (χ3v) is 2.91. The molecule has 0 aliphatic carbocycles. The first kappa shape index (κ1) is 9.92. The molecule has 0 aromatic carbocycles. The molecule has 0 aliphatic heterocycles. The summed E-state index contributed by atoms with van der Waals surface area (Å²) in [5.41, 5.74) is 0.599. The maximum Gasteiger partial charge on any atom is 0.206 e. The van der Waals surface area contributed by atoms with Gasteiger partial charge in [-0.15, -0.1) is 11.3 Å². The smallest absolute Gasteiger partial charge is 0.206 e. The molecule has 0 N–H and O–H groups in total. The number of thiophene rings is 1. The van der Waals surface area contributed by atoms with E-state index in [2.05, 4.69) is 5.10 Å². The third kappa shape index (κ3) is 1.92. The van der Waals surface area contributed by atoms with Crippen LogP contribution in [0.25, 0.3) is 0 Å². The predicted octanol–water partition coefficient (Wildman–Crippen LogP) is 1.72. The van der Waals surface area contributed by atoms with E-state index in [1.54, 1.807) is 37.3 Å². The SMILES string of the molecule is COc1csc(C(=O)c2cnn(C)c2)c1. The minimum Gasteiger partial charge on any atom is -0.496 e. The maximum atomic E-state index is 11.9. The molecule has 15 heavy (non-hydrogen) atoms. The maximum absolute atomic E-state index is 11.9. The number of aromatic nitrogens is 2. The van der Waals surface area contributed by atoms with E-state index in [1.807, 2.05) is 5.38 Å². The van der Waals surface area contributed by atoms with Gasteiger partial charge in [0, 0.05) is 24.7 Å². The fourth-order valence-corrected chi connectivity index (χ4v) is 2.04. The number of nitrogens with zero attached hydrogens (tertiary/aromatic N) is 2. The molecular weight excluding hydrogens is 212 g/mol. The summed E-state index contributed by atoms with van der Waals surface area (Å²) >= 11 is 1.37. The van der Waals surface area contributed by atoms with Gasteiger partial charge in [-0.05, 0) is 0 Å². The van der Waals surface area contributed by atoms with Crippen LogP contribution in [0.3, 0.4) is 0 Å². The number of methoxy groups -OCH3 is 1. The Balaban J connectivity index is 2.28. The molecule has 2 aromatic heterocycles. The Morgan fingerprint density at radius 2 is 2.40 bits per heavy atom. The molecule has 0 atom stereocenters. The highest BCUT2D eigenvalue weighted by molar-refractivity contribution is 7.12. The van der Waals surface area contributed by atoms with Gasteiger partial charge in [-0.2, -0.15) is 5.10 Å². The van der Waals surface area contributed by atoms with Gasteiger partial charge in [-0.1, -0.05) is 0 Å². The third-order valence-electron chi connectivity index (χ3n) is 2.00. The molecule has 2 aromatic rings. The van der Waals surface area contributed by atoms with E-state index in [1.165, 1.54) is 11.3 Å². The Bertz CT molecular complexity index is 487. The highest BCUT2D eigenvalue weighted by atomic mass is 32.1. The highest BCUT2D eigenvalue weighted by Gasteiger charge is 2.13. The minimum atomic E-state index is -0.0172. The van der Waals surface area contributed by atoms with E-state index >= 15 is 0 Å². The van der Waals surface area contributed by atoms with Crippen molar-refractivity contribution in [1.29, 1.82) is 0 Å². The summed E-state index contributed by atoms with van der Waals surface area (Å²) in [5, 5.41) is 5.77. The first-order chi connectivity index (χ1) is 7.20. The fraction of sp³-hybridized carbons (Fsp3) is 0.200. The van der Waals surface area contributed by atoms with Gasteiger partial charge in [0.25, 0.3) is 0 Å². The van der Waals surface area contributed by atoms with E-state index in [9.17, 15) is 4.79 Å². The number of carbonyl (C=O) groups excluding carboxylic acids is 1. The Kier molecular flexibility index (Phi) is 2.55. The fourth-order valence-electron chi connectivity index (χ4n) is 1.23. The molecule has 0 spiro atoms. The van der Waals surface area contributed by atoms with Crippen molar-refractivity contribution < 1.29 is 9.53 Å². The van der Waals surface area contributed by atoms with Gasteiger partial charge < -0.3 is 4.74 Å². The molecule has 0 radical (unpaired) electrons. The van der Waals surface area contributed by atoms with Crippen molar-refractivity contribution in [3.05, 3.63) is 34.3 Å². The van der Waals surface area contributed by atoms with Crippen molar-refractivity contribution >= 4 is 17.1 Å². The van der Waals surface area contributed by atoms with Gasteiger partial charge in [-0.3, -0.25) is 9.48 Å². The van der Waals surface area contributed by atoms with Crippen LogP contribution < -0.4 is 4.74 Å².